The van der Waals surface area contributed by atoms with Gasteiger partial charge in [0, 0.05) is 9.99 Å². The molecule has 18 heavy (non-hydrogen) atoms. The molecule has 0 fully saturated rings. The average Bonchev–Trinajstić information content (AvgIpc) is 2.37. The Morgan fingerprint density at radius 1 is 1.39 bits per heavy atom. The highest BCUT2D eigenvalue weighted by atomic mass is 127. The maximum atomic E-state index is 13.9. The Morgan fingerprint density at radius 2 is 2.06 bits per heavy atom. The van der Waals surface area contributed by atoms with Crippen molar-refractivity contribution in [2.45, 2.75) is 39.2 Å². The molecule has 102 valence electrons. The van der Waals surface area contributed by atoms with Gasteiger partial charge in [0.25, 0.3) is 0 Å². The summed E-state index contributed by atoms with van der Waals surface area (Å²) in [5.74, 6) is 0.337. The van der Waals surface area contributed by atoms with Crippen molar-refractivity contribution in [2.24, 2.45) is 5.92 Å². The van der Waals surface area contributed by atoms with Crippen LogP contribution in [0.2, 0.25) is 0 Å². The molecule has 0 heterocycles. The van der Waals surface area contributed by atoms with Crippen LogP contribution < -0.4 is 0 Å². The van der Waals surface area contributed by atoms with E-state index in [1.54, 1.807) is 6.07 Å². The molecular formula is C15H22FIO. The summed E-state index contributed by atoms with van der Waals surface area (Å²) in [6.45, 7) is 7.00. The maximum Gasteiger partial charge on any atom is 0.129 e. The van der Waals surface area contributed by atoms with Crippen LogP contribution in [0.3, 0.4) is 0 Å². The van der Waals surface area contributed by atoms with Gasteiger partial charge in [-0.05, 0) is 25.3 Å². The van der Waals surface area contributed by atoms with E-state index >= 15 is 0 Å². The summed E-state index contributed by atoms with van der Waals surface area (Å²) in [5.41, 5.74) is 0.122. The van der Waals surface area contributed by atoms with Crippen LogP contribution in [0, 0.1) is 11.7 Å². The van der Waals surface area contributed by atoms with Gasteiger partial charge in [-0.25, -0.2) is 4.39 Å². The van der Waals surface area contributed by atoms with Crippen LogP contribution in [0.25, 0.3) is 0 Å². The van der Waals surface area contributed by atoms with Crippen LogP contribution in [0.5, 0.6) is 0 Å². The van der Waals surface area contributed by atoms with E-state index in [2.05, 4.69) is 36.4 Å². The Labute approximate surface area is 123 Å². The molecule has 0 saturated carbocycles. The van der Waals surface area contributed by atoms with Gasteiger partial charge in [0.15, 0.2) is 0 Å². The van der Waals surface area contributed by atoms with Gasteiger partial charge in [-0.1, -0.05) is 61.1 Å². The molecule has 0 spiro atoms. The summed E-state index contributed by atoms with van der Waals surface area (Å²) in [5, 5.41) is 0. The first-order valence-electron chi connectivity index (χ1n) is 6.48. The summed E-state index contributed by atoms with van der Waals surface area (Å²) < 4.78 is 20.6. The smallest absolute Gasteiger partial charge is 0.129 e. The molecule has 2 unspecified atom stereocenters. The van der Waals surface area contributed by atoms with E-state index in [9.17, 15) is 4.39 Å². The van der Waals surface area contributed by atoms with E-state index in [1.807, 2.05) is 19.1 Å². The fourth-order valence-electron chi connectivity index (χ4n) is 1.98. The Hall–Kier alpha value is -0.160. The fraction of sp³-hybridized carbons (Fsp3) is 0.600. The molecule has 0 amide bonds. The zero-order valence-corrected chi connectivity index (χ0v) is 13.5. The highest BCUT2D eigenvalue weighted by molar-refractivity contribution is 14.1. The maximum absolute atomic E-state index is 13.9. The number of halogens is 2. The standard InChI is InChI=1S/C15H22FIO/c1-4-7-12(2)10-18-15(3,11-17)13-8-5-6-9-14(13)16/h5-6,8-9,12H,4,7,10-11H2,1-3H3. The van der Waals surface area contributed by atoms with Crippen molar-refractivity contribution >= 4 is 22.6 Å². The molecule has 0 bridgehead atoms. The molecule has 0 aliphatic carbocycles. The van der Waals surface area contributed by atoms with E-state index in [-0.39, 0.29) is 5.82 Å². The lowest BCUT2D eigenvalue weighted by Gasteiger charge is -2.30. The molecule has 1 aromatic carbocycles. The Balaban J connectivity index is 2.77. The van der Waals surface area contributed by atoms with E-state index < -0.39 is 5.60 Å². The van der Waals surface area contributed by atoms with E-state index in [0.29, 0.717) is 18.1 Å². The van der Waals surface area contributed by atoms with Gasteiger partial charge in [0.05, 0.1) is 6.61 Å². The van der Waals surface area contributed by atoms with Gasteiger partial charge in [0.1, 0.15) is 11.4 Å². The summed E-state index contributed by atoms with van der Waals surface area (Å²) in [6.07, 6.45) is 2.31. The number of rotatable bonds is 7. The van der Waals surface area contributed by atoms with E-state index in [1.165, 1.54) is 6.07 Å². The predicted octanol–water partition coefficient (Wildman–Crippen LogP) is 4.93. The summed E-state index contributed by atoms with van der Waals surface area (Å²) in [7, 11) is 0. The van der Waals surface area contributed by atoms with Gasteiger partial charge < -0.3 is 4.74 Å². The molecular weight excluding hydrogens is 342 g/mol. The van der Waals surface area contributed by atoms with Crippen molar-refractivity contribution in [3.05, 3.63) is 35.6 Å². The number of hydrogen-bond acceptors (Lipinski definition) is 1. The molecule has 0 aliphatic heterocycles. The Bertz CT molecular complexity index is 369. The normalized spacial score (nSPS) is 16.3. The molecule has 0 radical (unpaired) electrons. The Morgan fingerprint density at radius 3 is 2.61 bits per heavy atom. The van der Waals surface area contributed by atoms with Crippen LogP contribution in [0.1, 0.15) is 39.2 Å². The lowest BCUT2D eigenvalue weighted by atomic mass is 9.97. The SMILES string of the molecule is CCCC(C)COC(C)(CI)c1ccccc1F. The first kappa shape index (κ1) is 15.9. The van der Waals surface area contributed by atoms with Gasteiger partial charge in [-0.15, -0.1) is 0 Å². The van der Waals surface area contributed by atoms with Gasteiger partial charge >= 0.3 is 0 Å². The first-order valence-corrected chi connectivity index (χ1v) is 8.01. The molecule has 1 nitrogen and oxygen atoms in total. The number of benzene rings is 1. The third-order valence-corrected chi connectivity index (χ3v) is 4.62. The summed E-state index contributed by atoms with van der Waals surface area (Å²) in [4.78, 5) is 0. The van der Waals surface area contributed by atoms with E-state index in [4.69, 9.17) is 4.74 Å². The van der Waals surface area contributed by atoms with Crippen LogP contribution in [-0.2, 0) is 10.3 Å². The molecule has 2 atom stereocenters. The third-order valence-electron chi connectivity index (χ3n) is 3.17. The topological polar surface area (TPSA) is 9.23 Å². The zero-order chi connectivity index (χ0) is 13.6. The van der Waals surface area contributed by atoms with Crippen molar-refractivity contribution in [1.82, 2.24) is 0 Å². The highest BCUT2D eigenvalue weighted by Gasteiger charge is 2.29. The molecule has 3 heteroatoms. The molecule has 1 rings (SSSR count). The molecule has 0 saturated heterocycles. The van der Waals surface area contributed by atoms with Gasteiger partial charge in [-0.3, -0.25) is 0 Å². The third kappa shape index (κ3) is 4.19. The van der Waals surface area contributed by atoms with Crippen LogP contribution in [0.15, 0.2) is 24.3 Å². The molecule has 0 N–H and O–H groups in total. The zero-order valence-electron chi connectivity index (χ0n) is 11.4. The largest absolute Gasteiger partial charge is 0.369 e. The quantitative estimate of drug-likeness (QED) is 0.493. The van der Waals surface area contributed by atoms with Gasteiger partial charge in [0.2, 0.25) is 0 Å². The summed E-state index contributed by atoms with van der Waals surface area (Å²) >= 11 is 2.26. The predicted molar refractivity (Wildman–Crippen MR) is 82.7 cm³/mol. The van der Waals surface area contributed by atoms with Gasteiger partial charge in [-0.2, -0.15) is 0 Å². The van der Waals surface area contributed by atoms with E-state index in [0.717, 1.165) is 17.3 Å². The van der Waals surface area contributed by atoms with Crippen molar-refractivity contribution in [1.29, 1.82) is 0 Å². The molecule has 1 aromatic rings. The molecule has 0 aliphatic rings. The fourth-order valence-corrected chi connectivity index (χ4v) is 2.61. The number of alkyl halides is 1. The average molecular weight is 364 g/mol. The first-order chi connectivity index (χ1) is 8.53. The minimum atomic E-state index is -0.534. The van der Waals surface area contributed by atoms with Crippen molar-refractivity contribution < 1.29 is 9.13 Å². The van der Waals surface area contributed by atoms with Crippen LogP contribution >= 0.6 is 22.6 Å². The second kappa shape index (κ2) is 7.43. The second-order valence-electron chi connectivity index (χ2n) is 5.05. The lowest BCUT2D eigenvalue weighted by molar-refractivity contribution is -0.0347. The van der Waals surface area contributed by atoms with Crippen molar-refractivity contribution in [2.75, 3.05) is 11.0 Å². The lowest BCUT2D eigenvalue weighted by Crippen LogP contribution is -2.31. The minimum Gasteiger partial charge on any atom is -0.369 e. The monoisotopic (exact) mass is 364 g/mol. The number of hydrogen-bond donors (Lipinski definition) is 0. The number of ether oxygens (including phenoxy) is 1. The molecule has 0 aromatic heterocycles. The van der Waals surface area contributed by atoms with Crippen LogP contribution in [0.4, 0.5) is 4.39 Å². The second-order valence-corrected chi connectivity index (χ2v) is 5.81. The Kier molecular flexibility index (Phi) is 6.57. The van der Waals surface area contributed by atoms with Crippen molar-refractivity contribution in [3.63, 3.8) is 0 Å². The van der Waals surface area contributed by atoms with Crippen molar-refractivity contribution in [3.8, 4) is 0 Å². The summed E-state index contributed by atoms with van der Waals surface area (Å²) in [6, 6.07) is 6.89. The minimum absolute atomic E-state index is 0.181. The van der Waals surface area contributed by atoms with Crippen LogP contribution in [-0.4, -0.2) is 11.0 Å². The highest BCUT2D eigenvalue weighted by Crippen LogP contribution is 2.30.